The Morgan fingerprint density at radius 1 is 1.06 bits per heavy atom. The first-order chi connectivity index (χ1) is 16.3. The Morgan fingerprint density at radius 3 is 2.35 bits per heavy atom. The fourth-order valence-corrected chi connectivity index (χ4v) is 5.83. The third-order valence-electron chi connectivity index (χ3n) is 6.59. The summed E-state index contributed by atoms with van der Waals surface area (Å²) < 4.78 is 5.13. The lowest BCUT2D eigenvalue weighted by atomic mass is 9.86. The molecular weight excluding hydrogens is 456 g/mol. The van der Waals surface area contributed by atoms with Gasteiger partial charge in [0.2, 0.25) is 11.8 Å². The number of rotatable bonds is 8. The molecule has 188 valence electrons. The summed E-state index contributed by atoms with van der Waals surface area (Å²) in [5, 5.41) is 5.68. The first kappa shape index (κ1) is 26.2. The molecule has 0 atom stereocenters. The number of piperazine rings is 1. The highest BCUT2D eigenvalue weighted by atomic mass is 32.1. The van der Waals surface area contributed by atoms with Gasteiger partial charge in [0, 0.05) is 39.6 Å². The van der Waals surface area contributed by atoms with Crippen LogP contribution < -0.4 is 10.6 Å². The highest BCUT2D eigenvalue weighted by Gasteiger charge is 2.28. The summed E-state index contributed by atoms with van der Waals surface area (Å²) in [6.45, 7) is 6.21. The van der Waals surface area contributed by atoms with E-state index in [1.807, 2.05) is 9.80 Å². The van der Waals surface area contributed by atoms with Crippen LogP contribution in [0.25, 0.3) is 0 Å². The second kappa shape index (κ2) is 12.3. The molecule has 3 rings (SSSR count). The van der Waals surface area contributed by atoms with Crippen molar-refractivity contribution in [3.8, 4) is 0 Å². The summed E-state index contributed by atoms with van der Waals surface area (Å²) in [6.07, 6.45) is 6.69. The molecule has 0 bridgehead atoms. The summed E-state index contributed by atoms with van der Waals surface area (Å²) >= 11 is 1.07. The molecule has 0 radical (unpaired) electrons. The van der Waals surface area contributed by atoms with E-state index in [9.17, 15) is 19.2 Å². The van der Waals surface area contributed by atoms with Crippen molar-refractivity contribution in [2.45, 2.75) is 52.4 Å². The Kier molecular flexibility index (Phi) is 9.46. The summed E-state index contributed by atoms with van der Waals surface area (Å²) in [7, 11) is 1.52. The quantitative estimate of drug-likeness (QED) is 0.540. The molecule has 34 heavy (non-hydrogen) atoms. The van der Waals surface area contributed by atoms with E-state index in [-0.39, 0.29) is 36.4 Å². The maximum Gasteiger partial charge on any atom is 0.341 e. The first-order valence-electron chi connectivity index (χ1n) is 12.2. The Labute approximate surface area is 205 Å². The van der Waals surface area contributed by atoms with Crippen LogP contribution in [0.2, 0.25) is 0 Å². The standard InChI is InChI=1S/C24H36N4O5S/c1-4-33-24(32)20-16(2)21(22(31)25-3)34-23(20)26-18(29)15-27-10-12-28(13-11-27)19(30)14-17-8-6-5-7-9-17/h17H,4-15H2,1-3H3,(H,25,31)(H,26,29). The van der Waals surface area contributed by atoms with E-state index in [4.69, 9.17) is 4.74 Å². The SMILES string of the molecule is CCOC(=O)c1c(NC(=O)CN2CCN(C(=O)CC3CCCCC3)CC2)sc(C(=O)NC)c1C. The number of hydrogen-bond donors (Lipinski definition) is 2. The molecule has 2 heterocycles. The van der Waals surface area contributed by atoms with Crippen molar-refractivity contribution in [2.24, 2.45) is 5.92 Å². The Hall–Kier alpha value is -2.46. The lowest BCUT2D eigenvalue weighted by molar-refractivity contribution is -0.134. The monoisotopic (exact) mass is 492 g/mol. The van der Waals surface area contributed by atoms with E-state index in [1.54, 1.807) is 13.8 Å². The van der Waals surface area contributed by atoms with Gasteiger partial charge in [-0.3, -0.25) is 19.3 Å². The zero-order chi connectivity index (χ0) is 24.7. The molecule has 1 saturated heterocycles. The number of amides is 3. The van der Waals surface area contributed by atoms with E-state index < -0.39 is 5.97 Å². The topological polar surface area (TPSA) is 108 Å². The molecular formula is C24H36N4O5S. The summed E-state index contributed by atoms with van der Waals surface area (Å²) in [5.74, 6) is -0.398. The molecule has 9 nitrogen and oxygen atoms in total. The Bertz CT molecular complexity index is 901. The largest absolute Gasteiger partial charge is 0.462 e. The molecule has 3 amide bonds. The summed E-state index contributed by atoms with van der Waals surface area (Å²) in [6, 6.07) is 0. The molecule has 1 aliphatic carbocycles. The van der Waals surface area contributed by atoms with Crippen LogP contribution in [0.3, 0.4) is 0 Å². The van der Waals surface area contributed by atoms with Crippen molar-refractivity contribution in [2.75, 3.05) is 51.7 Å². The first-order valence-corrected chi connectivity index (χ1v) is 13.0. The minimum Gasteiger partial charge on any atom is -0.462 e. The predicted molar refractivity (Wildman–Crippen MR) is 131 cm³/mol. The van der Waals surface area contributed by atoms with Gasteiger partial charge < -0.3 is 20.3 Å². The van der Waals surface area contributed by atoms with Gasteiger partial charge >= 0.3 is 5.97 Å². The van der Waals surface area contributed by atoms with Gasteiger partial charge in [0.25, 0.3) is 5.91 Å². The lowest BCUT2D eigenvalue weighted by Crippen LogP contribution is -2.50. The van der Waals surface area contributed by atoms with E-state index in [0.29, 0.717) is 54.0 Å². The van der Waals surface area contributed by atoms with Gasteiger partial charge in [-0.2, -0.15) is 0 Å². The van der Waals surface area contributed by atoms with E-state index in [1.165, 1.54) is 26.3 Å². The number of carbonyl (C=O) groups excluding carboxylic acids is 4. The molecule has 1 aliphatic heterocycles. The van der Waals surface area contributed by atoms with Crippen molar-refractivity contribution < 1.29 is 23.9 Å². The minimum atomic E-state index is -0.563. The number of ether oxygens (including phenoxy) is 1. The van der Waals surface area contributed by atoms with E-state index in [2.05, 4.69) is 10.6 Å². The zero-order valence-corrected chi connectivity index (χ0v) is 21.2. The Morgan fingerprint density at radius 2 is 1.74 bits per heavy atom. The van der Waals surface area contributed by atoms with E-state index in [0.717, 1.165) is 24.2 Å². The van der Waals surface area contributed by atoms with E-state index >= 15 is 0 Å². The second-order valence-electron chi connectivity index (χ2n) is 8.97. The number of anilines is 1. The molecule has 2 N–H and O–H groups in total. The molecule has 10 heteroatoms. The number of carbonyl (C=O) groups is 4. The van der Waals surface area contributed by atoms with Gasteiger partial charge in [-0.05, 0) is 38.2 Å². The normalized spacial score (nSPS) is 17.3. The molecule has 2 fully saturated rings. The highest BCUT2D eigenvalue weighted by Crippen LogP contribution is 2.34. The third kappa shape index (κ3) is 6.56. The minimum absolute atomic E-state index is 0.152. The van der Waals surface area contributed by atoms with Crippen LogP contribution in [0, 0.1) is 12.8 Å². The van der Waals surface area contributed by atoms with Crippen molar-refractivity contribution in [3.05, 3.63) is 16.0 Å². The zero-order valence-electron chi connectivity index (χ0n) is 20.4. The average Bonchev–Trinajstić information content (AvgIpc) is 3.15. The number of nitrogens with one attached hydrogen (secondary N) is 2. The summed E-state index contributed by atoms with van der Waals surface area (Å²) in [4.78, 5) is 54.4. The van der Waals surface area contributed by atoms with Gasteiger partial charge in [-0.15, -0.1) is 11.3 Å². The molecule has 2 aliphatic rings. The number of esters is 1. The van der Waals surface area contributed by atoms with Crippen molar-refractivity contribution in [1.29, 1.82) is 0 Å². The van der Waals surface area contributed by atoms with Gasteiger partial charge in [-0.1, -0.05) is 19.3 Å². The predicted octanol–water partition coefficient (Wildman–Crippen LogP) is 2.65. The number of nitrogens with zero attached hydrogens (tertiary/aromatic N) is 2. The maximum atomic E-state index is 12.8. The molecule has 0 spiro atoms. The average molecular weight is 493 g/mol. The van der Waals surface area contributed by atoms with Gasteiger partial charge in [0.15, 0.2) is 0 Å². The van der Waals surface area contributed by atoms with Crippen LogP contribution >= 0.6 is 11.3 Å². The van der Waals surface area contributed by atoms with Crippen LogP contribution in [-0.2, 0) is 14.3 Å². The van der Waals surface area contributed by atoms with Gasteiger partial charge in [0.1, 0.15) is 5.00 Å². The molecule has 1 saturated carbocycles. The summed E-state index contributed by atoms with van der Waals surface area (Å²) in [5.41, 5.74) is 0.708. The van der Waals surface area contributed by atoms with Crippen LogP contribution in [0.4, 0.5) is 5.00 Å². The van der Waals surface area contributed by atoms with Crippen molar-refractivity contribution in [1.82, 2.24) is 15.1 Å². The Balaban J connectivity index is 1.55. The second-order valence-corrected chi connectivity index (χ2v) is 9.99. The molecule has 0 aromatic carbocycles. The fourth-order valence-electron chi connectivity index (χ4n) is 4.67. The van der Waals surface area contributed by atoms with Crippen molar-refractivity contribution in [3.63, 3.8) is 0 Å². The van der Waals surface area contributed by atoms with Crippen LogP contribution in [0.1, 0.15) is 71.0 Å². The molecule has 0 unspecified atom stereocenters. The molecule has 1 aromatic heterocycles. The smallest absolute Gasteiger partial charge is 0.341 e. The van der Waals surface area contributed by atoms with Gasteiger partial charge in [0.05, 0.1) is 23.6 Å². The van der Waals surface area contributed by atoms with Crippen LogP contribution in [-0.4, -0.2) is 79.9 Å². The lowest BCUT2D eigenvalue weighted by Gasteiger charge is -2.35. The van der Waals surface area contributed by atoms with Crippen molar-refractivity contribution >= 4 is 40.0 Å². The third-order valence-corrected chi connectivity index (χ3v) is 7.80. The number of hydrogen-bond acceptors (Lipinski definition) is 7. The van der Waals surface area contributed by atoms with Crippen LogP contribution in [0.5, 0.6) is 0 Å². The fraction of sp³-hybridized carbons (Fsp3) is 0.667. The van der Waals surface area contributed by atoms with Crippen LogP contribution in [0.15, 0.2) is 0 Å². The van der Waals surface area contributed by atoms with Gasteiger partial charge in [-0.25, -0.2) is 4.79 Å². The maximum absolute atomic E-state index is 12.8. The number of thiophene rings is 1. The molecule has 1 aromatic rings. The highest BCUT2D eigenvalue weighted by molar-refractivity contribution is 7.18.